The van der Waals surface area contributed by atoms with Crippen molar-refractivity contribution in [2.45, 2.75) is 105 Å². The molecule has 0 radical (unpaired) electrons. The number of benzene rings is 1. The van der Waals surface area contributed by atoms with Gasteiger partial charge in [0.2, 0.25) is 0 Å². The predicted octanol–water partition coefficient (Wildman–Crippen LogP) is -0.335. The van der Waals surface area contributed by atoms with Gasteiger partial charge in [-0.2, -0.15) is 0 Å². The van der Waals surface area contributed by atoms with Crippen molar-refractivity contribution in [1.29, 1.82) is 0 Å². The van der Waals surface area contributed by atoms with E-state index in [1.807, 2.05) is 6.92 Å². The first kappa shape index (κ1) is 36.9. The molecule has 1 aromatic rings. The molecular formula is C37H46Na2O6. The number of aromatic carboxylic acids is 1. The van der Waals surface area contributed by atoms with Crippen LogP contribution < -0.4 is 69.3 Å². The summed E-state index contributed by atoms with van der Waals surface area (Å²) in [5, 5.41) is 23.8. The number of carbonyl (C=O) groups is 3. The third kappa shape index (κ3) is 5.69. The van der Waals surface area contributed by atoms with E-state index in [2.05, 4.69) is 46.8 Å². The van der Waals surface area contributed by atoms with Crippen molar-refractivity contribution >= 4 is 17.9 Å². The molecule has 0 aromatic heterocycles. The van der Waals surface area contributed by atoms with Crippen molar-refractivity contribution in [2.24, 2.45) is 44.8 Å². The van der Waals surface area contributed by atoms with Gasteiger partial charge in [0.1, 0.15) is 6.10 Å². The Hall–Kier alpha value is -0.890. The third-order valence-electron chi connectivity index (χ3n) is 13.5. The van der Waals surface area contributed by atoms with Crippen LogP contribution in [0.15, 0.2) is 47.6 Å². The van der Waals surface area contributed by atoms with E-state index in [4.69, 9.17) is 4.74 Å². The smallest absolute Gasteiger partial charge is 0.550 e. The van der Waals surface area contributed by atoms with Gasteiger partial charge in [0.15, 0.2) is 0 Å². The summed E-state index contributed by atoms with van der Waals surface area (Å²) in [4.78, 5) is 37.1. The van der Waals surface area contributed by atoms with Gasteiger partial charge >= 0.3 is 65.1 Å². The molecule has 6 rings (SSSR count). The number of carbonyl (C=O) groups excluding carboxylic acids is 3. The molecule has 5 aliphatic rings. The third-order valence-corrected chi connectivity index (χ3v) is 13.5. The first-order valence-corrected chi connectivity index (χ1v) is 16.2. The summed E-state index contributed by atoms with van der Waals surface area (Å²) < 4.78 is 6.13. The van der Waals surface area contributed by atoms with Crippen molar-refractivity contribution in [3.8, 4) is 0 Å². The van der Waals surface area contributed by atoms with Crippen LogP contribution in [-0.4, -0.2) is 24.0 Å². The van der Waals surface area contributed by atoms with Crippen LogP contribution in [0, 0.1) is 44.8 Å². The fourth-order valence-corrected chi connectivity index (χ4v) is 10.8. The summed E-state index contributed by atoms with van der Waals surface area (Å²) in [5.41, 5.74) is 1.71. The number of aliphatic carboxylic acids is 1. The molecule has 45 heavy (non-hydrogen) atoms. The van der Waals surface area contributed by atoms with E-state index in [-0.39, 0.29) is 98.0 Å². The first-order valence-electron chi connectivity index (χ1n) is 16.2. The Morgan fingerprint density at radius 1 is 0.800 bits per heavy atom. The standard InChI is InChI=1S/C37H48O6.2Na/c1-33(2)27-14-17-36(5)25-13-16-34(3)19-20-35(4,32(41)42)21-26(34)24(25)11-12-28(36)37(27,6)18-15-29(33)43-31(40)23-10-8-7-9-22(23)30(38)39;;/h7-12,25,27-29H,13-21H2,1-6H3,(H,38,39)(H,41,42);;/q;2*+1/p-2/t25?,27?,28?,29-,34?,35?,36-,37-;;/m0../s1. The molecule has 5 aliphatic carbocycles. The Bertz CT molecular complexity index is 1450. The van der Waals surface area contributed by atoms with Gasteiger partial charge in [-0.05, 0) is 103 Å². The zero-order chi connectivity index (χ0) is 31.2. The van der Waals surface area contributed by atoms with Crippen LogP contribution in [0.2, 0.25) is 0 Å². The van der Waals surface area contributed by atoms with Gasteiger partial charge in [-0.3, -0.25) is 0 Å². The topological polar surface area (TPSA) is 107 Å². The van der Waals surface area contributed by atoms with E-state index in [1.165, 1.54) is 23.3 Å². The molecule has 0 N–H and O–H groups in total. The molecule has 6 nitrogen and oxygen atoms in total. The van der Waals surface area contributed by atoms with Gasteiger partial charge < -0.3 is 24.5 Å². The molecule has 0 amide bonds. The van der Waals surface area contributed by atoms with Gasteiger partial charge in [-0.1, -0.05) is 77.5 Å². The van der Waals surface area contributed by atoms with Crippen LogP contribution in [0.1, 0.15) is 120 Å². The number of rotatable bonds is 4. The minimum atomic E-state index is -1.38. The molecule has 3 saturated carbocycles. The van der Waals surface area contributed by atoms with Crippen LogP contribution in [-0.2, 0) is 9.53 Å². The van der Waals surface area contributed by atoms with Crippen molar-refractivity contribution in [1.82, 2.24) is 0 Å². The van der Waals surface area contributed by atoms with Gasteiger partial charge in [-0.15, -0.1) is 0 Å². The number of hydrogen-bond donors (Lipinski definition) is 0. The minimum absolute atomic E-state index is 0. The Morgan fingerprint density at radius 2 is 1.44 bits per heavy atom. The Morgan fingerprint density at radius 3 is 2.09 bits per heavy atom. The second-order valence-electron chi connectivity index (χ2n) is 16.1. The number of fused-ring (bicyclic) bond motifs is 6. The van der Waals surface area contributed by atoms with E-state index in [0.29, 0.717) is 30.6 Å². The molecule has 0 aliphatic heterocycles. The fraction of sp³-hybridized carbons (Fsp3) is 0.649. The monoisotopic (exact) mass is 632 g/mol. The quantitative estimate of drug-likeness (QED) is 0.333. The number of ether oxygens (including phenoxy) is 1. The fourth-order valence-electron chi connectivity index (χ4n) is 10.8. The van der Waals surface area contributed by atoms with Crippen molar-refractivity contribution < 1.29 is 88.4 Å². The minimum Gasteiger partial charge on any atom is -0.550 e. The van der Waals surface area contributed by atoms with Crippen molar-refractivity contribution in [2.75, 3.05) is 0 Å². The SMILES string of the molecule is CC1(C(=O)[O-])CCC2(C)CCC3C(=C2C1)C=CC1[C@@]3(C)CCC2C(C)(C)[C@@H](OC(=O)c3ccccc3C(=O)[O-])CC[C@@]21C.[Na+].[Na+]. The zero-order valence-corrected chi connectivity index (χ0v) is 32.6. The van der Waals surface area contributed by atoms with E-state index in [9.17, 15) is 24.6 Å². The van der Waals surface area contributed by atoms with E-state index < -0.39 is 23.3 Å². The second kappa shape index (κ2) is 12.5. The average Bonchev–Trinajstić information content (AvgIpc) is 2.94. The van der Waals surface area contributed by atoms with Crippen LogP contribution in [0.5, 0.6) is 0 Å². The molecule has 0 saturated heterocycles. The Balaban J connectivity index is 0.00000230. The maximum Gasteiger partial charge on any atom is 1.00 e. The summed E-state index contributed by atoms with van der Waals surface area (Å²) >= 11 is 0. The second-order valence-corrected chi connectivity index (χ2v) is 16.1. The van der Waals surface area contributed by atoms with Crippen LogP contribution >= 0.6 is 0 Å². The molecule has 8 atom stereocenters. The predicted molar refractivity (Wildman–Crippen MR) is 159 cm³/mol. The van der Waals surface area contributed by atoms with Gasteiger partial charge in [0.05, 0.1) is 11.5 Å². The van der Waals surface area contributed by atoms with Gasteiger partial charge in [0, 0.05) is 22.4 Å². The summed E-state index contributed by atoms with van der Waals surface area (Å²) in [5.74, 6) is -1.81. The summed E-state index contributed by atoms with van der Waals surface area (Å²) in [6, 6.07) is 6.11. The van der Waals surface area contributed by atoms with Crippen LogP contribution in [0.25, 0.3) is 0 Å². The van der Waals surface area contributed by atoms with E-state index in [0.717, 1.165) is 44.9 Å². The van der Waals surface area contributed by atoms with Crippen molar-refractivity contribution in [3.63, 3.8) is 0 Å². The van der Waals surface area contributed by atoms with Crippen LogP contribution in [0.3, 0.4) is 0 Å². The number of carboxylic acids is 2. The zero-order valence-electron chi connectivity index (χ0n) is 28.6. The van der Waals surface area contributed by atoms with Crippen molar-refractivity contribution in [3.05, 3.63) is 58.7 Å². The number of carboxylic acid groups (broad SMARTS) is 2. The molecule has 5 unspecified atom stereocenters. The number of esters is 1. The molecule has 8 heteroatoms. The largest absolute Gasteiger partial charge is 1.00 e. The Kier molecular flexibility index (Phi) is 10.3. The number of allylic oxidation sites excluding steroid dienone is 4. The molecule has 0 spiro atoms. The molecule has 0 heterocycles. The maximum atomic E-state index is 13.3. The number of hydrogen-bond acceptors (Lipinski definition) is 6. The summed E-state index contributed by atoms with van der Waals surface area (Å²) in [7, 11) is 0. The molecule has 0 bridgehead atoms. The normalized spacial score (nSPS) is 39.4. The summed E-state index contributed by atoms with van der Waals surface area (Å²) in [6.45, 7) is 13.6. The molecule has 232 valence electrons. The Labute approximate surface area is 312 Å². The molecule has 3 fully saturated rings. The maximum absolute atomic E-state index is 13.3. The van der Waals surface area contributed by atoms with E-state index >= 15 is 0 Å². The molecular weight excluding hydrogens is 586 g/mol. The van der Waals surface area contributed by atoms with Gasteiger partial charge in [-0.25, -0.2) is 4.79 Å². The average molecular weight is 633 g/mol. The van der Waals surface area contributed by atoms with E-state index in [1.54, 1.807) is 12.1 Å². The van der Waals surface area contributed by atoms with Crippen LogP contribution in [0.4, 0.5) is 0 Å². The van der Waals surface area contributed by atoms with Gasteiger partial charge in [0.25, 0.3) is 0 Å². The molecule has 1 aromatic carbocycles. The summed E-state index contributed by atoms with van der Waals surface area (Å²) in [6.07, 6.45) is 12.7. The first-order chi connectivity index (χ1) is 20.1.